The first-order valence-corrected chi connectivity index (χ1v) is 8.53. The summed E-state index contributed by atoms with van der Waals surface area (Å²) in [4.78, 5) is 16.3. The molecule has 0 atom stereocenters. The summed E-state index contributed by atoms with van der Waals surface area (Å²) in [7, 11) is 1.35. The van der Waals surface area contributed by atoms with Crippen molar-refractivity contribution < 1.29 is 14.3 Å². The van der Waals surface area contributed by atoms with Gasteiger partial charge in [-0.25, -0.2) is 9.78 Å². The first kappa shape index (κ1) is 17.9. The fourth-order valence-electron chi connectivity index (χ4n) is 1.91. The molecule has 0 fully saturated rings. The molecule has 0 amide bonds. The van der Waals surface area contributed by atoms with Gasteiger partial charge in [0.1, 0.15) is 10.6 Å². The Balaban J connectivity index is 1.96. The first-order chi connectivity index (χ1) is 11.6. The van der Waals surface area contributed by atoms with Crippen molar-refractivity contribution in [3.8, 4) is 5.75 Å². The summed E-state index contributed by atoms with van der Waals surface area (Å²) in [6.07, 6.45) is 3.82. The van der Waals surface area contributed by atoms with Gasteiger partial charge < -0.3 is 9.47 Å². The summed E-state index contributed by atoms with van der Waals surface area (Å²) in [5.74, 6) is 0.435. The molecule has 2 aromatic rings. The van der Waals surface area contributed by atoms with Crippen LogP contribution in [0.2, 0.25) is 0 Å². The van der Waals surface area contributed by atoms with Crippen molar-refractivity contribution in [3.05, 3.63) is 40.4 Å². The van der Waals surface area contributed by atoms with Gasteiger partial charge in [-0.05, 0) is 31.0 Å². The highest BCUT2D eigenvalue weighted by Crippen LogP contribution is 2.23. The fourth-order valence-corrected chi connectivity index (χ4v) is 2.74. The topological polar surface area (TPSA) is 72.8 Å². The van der Waals surface area contributed by atoms with E-state index in [0.717, 1.165) is 24.2 Å². The van der Waals surface area contributed by atoms with E-state index in [1.165, 1.54) is 18.4 Å². The van der Waals surface area contributed by atoms with Crippen LogP contribution >= 0.6 is 11.3 Å². The number of methoxy groups -OCH3 is 1. The lowest BCUT2D eigenvalue weighted by Crippen LogP contribution is -1.99. The SMILES string of the molecule is CCCCOc1cccc(/C=N\Nc2nc(C)c(C(=O)OC)s2)c1. The number of hydrogen-bond donors (Lipinski definition) is 1. The van der Waals surface area contributed by atoms with Gasteiger partial charge in [0, 0.05) is 0 Å². The third kappa shape index (κ3) is 5.06. The van der Waals surface area contributed by atoms with Crippen LogP contribution in [0.25, 0.3) is 0 Å². The number of ether oxygens (including phenoxy) is 2. The molecule has 0 saturated heterocycles. The number of nitrogens with one attached hydrogen (secondary N) is 1. The van der Waals surface area contributed by atoms with Gasteiger partial charge >= 0.3 is 5.97 Å². The second kappa shape index (κ2) is 9.02. The third-order valence-electron chi connectivity index (χ3n) is 3.17. The molecule has 0 aliphatic rings. The molecule has 24 heavy (non-hydrogen) atoms. The quantitative estimate of drug-likeness (QED) is 0.340. The van der Waals surface area contributed by atoms with Gasteiger partial charge in [0.15, 0.2) is 0 Å². The normalized spacial score (nSPS) is 10.8. The van der Waals surface area contributed by atoms with Crippen molar-refractivity contribution in [2.24, 2.45) is 5.10 Å². The van der Waals surface area contributed by atoms with E-state index in [1.807, 2.05) is 24.3 Å². The standard InChI is InChI=1S/C17H21N3O3S/c1-4-5-9-23-14-8-6-7-13(10-14)11-18-20-17-19-12(2)15(24-17)16(21)22-3/h6-8,10-11H,4-5,9H2,1-3H3,(H,19,20)/b18-11-. The zero-order chi connectivity index (χ0) is 17.4. The monoisotopic (exact) mass is 347 g/mol. The van der Waals surface area contributed by atoms with E-state index < -0.39 is 0 Å². The maximum Gasteiger partial charge on any atom is 0.350 e. The Labute approximate surface area is 145 Å². The largest absolute Gasteiger partial charge is 0.494 e. The third-order valence-corrected chi connectivity index (χ3v) is 4.21. The number of rotatable bonds is 8. The number of hydrogen-bond acceptors (Lipinski definition) is 7. The van der Waals surface area contributed by atoms with Crippen molar-refractivity contribution in [2.45, 2.75) is 26.7 Å². The van der Waals surface area contributed by atoms with Gasteiger partial charge in [-0.15, -0.1) is 0 Å². The van der Waals surface area contributed by atoms with Crippen molar-refractivity contribution in [1.82, 2.24) is 4.98 Å². The number of benzene rings is 1. The van der Waals surface area contributed by atoms with Gasteiger partial charge in [0.2, 0.25) is 5.13 Å². The molecule has 2 rings (SSSR count). The number of hydrazone groups is 1. The Morgan fingerprint density at radius 3 is 3.04 bits per heavy atom. The lowest BCUT2D eigenvalue weighted by Gasteiger charge is -2.05. The average Bonchev–Trinajstić information content (AvgIpc) is 2.95. The molecule has 0 saturated carbocycles. The summed E-state index contributed by atoms with van der Waals surface area (Å²) in [6, 6.07) is 7.71. The minimum atomic E-state index is -0.390. The molecular weight excluding hydrogens is 326 g/mol. The number of esters is 1. The van der Waals surface area contributed by atoms with Crippen LogP contribution in [-0.2, 0) is 4.74 Å². The van der Waals surface area contributed by atoms with Crippen LogP contribution in [0.1, 0.15) is 40.7 Å². The van der Waals surface area contributed by atoms with Crippen LogP contribution < -0.4 is 10.2 Å². The number of nitrogens with zero attached hydrogens (tertiary/aromatic N) is 2. The number of unbranched alkanes of at least 4 members (excludes halogenated alkanes) is 1. The van der Waals surface area contributed by atoms with Gasteiger partial charge in [-0.2, -0.15) is 5.10 Å². The lowest BCUT2D eigenvalue weighted by atomic mass is 10.2. The van der Waals surface area contributed by atoms with Crippen LogP contribution in [0.15, 0.2) is 29.4 Å². The number of thiazole rings is 1. The molecule has 0 bridgehead atoms. The molecule has 0 aliphatic heterocycles. The van der Waals surface area contributed by atoms with Crippen LogP contribution in [0, 0.1) is 6.92 Å². The molecule has 1 N–H and O–H groups in total. The maximum absolute atomic E-state index is 11.6. The molecule has 128 valence electrons. The van der Waals surface area contributed by atoms with E-state index in [-0.39, 0.29) is 5.97 Å². The number of carbonyl (C=O) groups is 1. The van der Waals surface area contributed by atoms with Crippen LogP contribution in [0.4, 0.5) is 5.13 Å². The fraction of sp³-hybridized carbons (Fsp3) is 0.353. The van der Waals surface area contributed by atoms with Crippen molar-refractivity contribution in [3.63, 3.8) is 0 Å². The van der Waals surface area contributed by atoms with E-state index in [1.54, 1.807) is 13.1 Å². The predicted octanol–water partition coefficient (Wildman–Crippen LogP) is 3.86. The average molecular weight is 347 g/mol. The van der Waals surface area contributed by atoms with Gasteiger partial charge in [0.25, 0.3) is 0 Å². The van der Waals surface area contributed by atoms with Gasteiger partial charge in [-0.3, -0.25) is 5.43 Å². The summed E-state index contributed by atoms with van der Waals surface area (Å²) in [5, 5.41) is 4.70. The van der Waals surface area contributed by atoms with E-state index in [4.69, 9.17) is 9.47 Å². The maximum atomic E-state index is 11.6. The molecule has 7 heteroatoms. The summed E-state index contributed by atoms with van der Waals surface area (Å²) < 4.78 is 10.4. The molecule has 0 aliphatic carbocycles. The molecule has 1 aromatic heterocycles. The summed E-state index contributed by atoms with van der Waals surface area (Å²) >= 11 is 1.21. The van der Waals surface area contributed by atoms with Crippen LogP contribution in [0.5, 0.6) is 5.75 Å². The zero-order valence-electron chi connectivity index (χ0n) is 14.0. The van der Waals surface area contributed by atoms with E-state index in [2.05, 4.69) is 22.4 Å². The second-order valence-electron chi connectivity index (χ2n) is 5.07. The minimum Gasteiger partial charge on any atom is -0.494 e. The van der Waals surface area contributed by atoms with Crippen LogP contribution in [-0.4, -0.2) is 30.9 Å². The Hall–Kier alpha value is -2.41. The highest BCUT2D eigenvalue weighted by atomic mass is 32.1. The summed E-state index contributed by atoms with van der Waals surface area (Å²) in [6.45, 7) is 4.60. The number of carbonyl (C=O) groups excluding carboxylic acids is 1. The molecule has 6 nitrogen and oxygen atoms in total. The molecule has 1 aromatic carbocycles. The highest BCUT2D eigenvalue weighted by Gasteiger charge is 2.15. The molecule has 0 spiro atoms. The van der Waals surface area contributed by atoms with Crippen molar-refractivity contribution in [2.75, 3.05) is 19.1 Å². The number of aromatic nitrogens is 1. The molecule has 0 unspecified atom stereocenters. The lowest BCUT2D eigenvalue weighted by molar-refractivity contribution is 0.0605. The zero-order valence-corrected chi connectivity index (χ0v) is 14.9. The molecular formula is C17H21N3O3S. The molecule has 0 radical (unpaired) electrons. The smallest absolute Gasteiger partial charge is 0.350 e. The minimum absolute atomic E-state index is 0.390. The number of aryl methyl sites for hydroxylation is 1. The van der Waals surface area contributed by atoms with Gasteiger partial charge in [-0.1, -0.05) is 36.8 Å². The Bertz CT molecular complexity index is 713. The van der Waals surface area contributed by atoms with Crippen LogP contribution in [0.3, 0.4) is 0 Å². The summed E-state index contributed by atoms with van der Waals surface area (Å²) in [5.41, 5.74) is 4.37. The van der Waals surface area contributed by atoms with E-state index in [0.29, 0.717) is 22.3 Å². The highest BCUT2D eigenvalue weighted by molar-refractivity contribution is 7.17. The Morgan fingerprint density at radius 2 is 2.29 bits per heavy atom. The number of anilines is 1. The van der Waals surface area contributed by atoms with E-state index >= 15 is 0 Å². The molecule has 1 heterocycles. The Kier molecular flexibility index (Phi) is 6.74. The van der Waals surface area contributed by atoms with Crippen molar-refractivity contribution >= 4 is 28.7 Å². The van der Waals surface area contributed by atoms with E-state index in [9.17, 15) is 4.79 Å². The Morgan fingerprint density at radius 1 is 1.46 bits per heavy atom. The second-order valence-corrected chi connectivity index (χ2v) is 6.07. The first-order valence-electron chi connectivity index (χ1n) is 7.71. The van der Waals surface area contributed by atoms with Gasteiger partial charge in [0.05, 0.1) is 25.6 Å². The van der Waals surface area contributed by atoms with Crippen molar-refractivity contribution in [1.29, 1.82) is 0 Å². The predicted molar refractivity (Wildman–Crippen MR) is 96.3 cm³/mol.